The van der Waals surface area contributed by atoms with Gasteiger partial charge in [0.05, 0.1) is 40.6 Å². The van der Waals surface area contributed by atoms with Gasteiger partial charge in [0, 0.05) is 0 Å². The Kier molecular flexibility index (Phi) is 3.19. The van der Waals surface area contributed by atoms with Crippen molar-refractivity contribution in [1.82, 2.24) is 0 Å². The van der Waals surface area contributed by atoms with E-state index in [2.05, 4.69) is 17.5 Å². The van der Waals surface area contributed by atoms with Gasteiger partial charge in [0.15, 0.2) is 0 Å². The van der Waals surface area contributed by atoms with E-state index in [0.717, 1.165) is 11.4 Å². The Morgan fingerprint density at radius 2 is 1.68 bits per heavy atom. The van der Waals surface area contributed by atoms with Gasteiger partial charge in [-0.2, -0.15) is 10.5 Å². The molecule has 2 aliphatic heterocycles. The average molecular weight is 329 g/mol. The van der Waals surface area contributed by atoms with Gasteiger partial charge in [-0.1, -0.05) is 24.3 Å². The fraction of sp³-hybridized carbons (Fsp3) is 0.0526. The van der Waals surface area contributed by atoms with Crippen LogP contribution in [0.15, 0.2) is 71.3 Å². The van der Waals surface area contributed by atoms with Gasteiger partial charge >= 0.3 is 0 Å². The summed E-state index contributed by atoms with van der Waals surface area (Å²) in [5.74, 6) is -0.212. The van der Waals surface area contributed by atoms with Crippen LogP contribution in [-0.2, 0) is 0 Å². The minimum Gasteiger partial charge on any atom is -0.384 e. The number of hydrogen-bond donors (Lipinski definition) is 2. The first-order valence-electron chi connectivity index (χ1n) is 7.61. The second kappa shape index (κ2) is 5.40. The monoisotopic (exact) mass is 329 g/mol. The second-order valence-electron chi connectivity index (χ2n) is 5.75. The lowest BCUT2D eigenvalue weighted by Gasteiger charge is -2.31. The normalized spacial score (nSPS) is 18.2. The van der Waals surface area contributed by atoms with Crippen molar-refractivity contribution in [2.45, 2.75) is 5.92 Å². The molecule has 0 bridgehead atoms. The van der Waals surface area contributed by atoms with E-state index in [4.69, 9.17) is 5.73 Å². The van der Waals surface area contributed by atoms with E-state index in [9.17, 15) is 14.9 Å². The number of halogens is 1. The Balaban J connectivity index is 1.96. The van der Waals surface area contributed by atoms with Gasteiger partial charge in [0.25, 0.3) is 0 Å². The van der Waals surface area contributed by atoms with Crippen LogP contribution in [0.3, 0.4) is 0 Å². The highest BCUT2D eigenvalue weighted by Gasteiger charge is 2.40. The molecule has 1 unspecified atom stereocenters. The van der Waals surface area contributed by atoms with Crippen molar-refractivity contribution in [1.29, 1.82) is 10.5 Å². The number of hydrogen-bond acceptors (Lipinski definition) is 5. The highest BCUT2D eigenvalue weighted by molar-refractivity contribution is 5.86. The molecule has 25 heavy (non-hydrogen) atoms. The topological polar surface area (TPSA) is 88.9 Å². The molecule has 2 aliphatic rings. The third kappa shape index (κ3) is 2.05. The van der Waals surface area contributed by atoms with Crippen LogP contribution >= 0.6 is 0 Å². The number of rotatable bonds is 1. The number of anilines is 2. The van der Waals surface area contributed by atoms with Crippen molar-refractivity contribution in [3.8, 4) is 12.1 Å². The van der Waals surface area contributed by atoms with E-state index in [1.807, 2.05) is 24.3 Å². The first kappa shape index (κ1) is 14.8. The minimum absolute atomic E-state index is 0.267. The highest BCUT2D eigenvalue weighted by atomic mass is 19.1. The number of allylic oxidation sites excluding steroid dienone is 2. The molecule has 5 nitrogen and oxygen atoms in total. The molecule has 0 saturated carbocycles. The molecule has 0 fully saturated rings. The number of nitrogens with one attached hydrogen (secondary N) is 1. The number of nitrogens with two attached hydrogens (primary N) is 1. The van der Waals surface area contributed by atoms with E-state index in [-0.39, 0.29) is 17.2 Å². The zero-order valence-corrected chi connectivity index (χ0v) is 13.0. The minimum atomic E-state index is -0.635. The van der Waals surface area contributed by atoms with Crippen molar-refractivity contribution in [3.63, 3.8) is 0 Å². The highest BCUT2D eigenvalue weighted by Crippen LogP contribution is 2.47. The van der Waals surface area contributed by atoms with Crippen LogP contribution in [0, 0.1) is 28.5 Å². The van der Waals surface area contributed by atoms with Crippen molar-refractivity contribution in [2.75, 3.05) is 10.2 Å². The van der Waals surface area contributed by atoms with Gasteiger partial charge in [0.2, 0.25) is 0 Å². The van der Waals surface area contributed by atoms with Gasteiger partial charge in [0.1, 0.15) is 17.5 Å². The molecule has 2 aromatic carbocycles. The summed E-state index contributed by atoms with van der Waals surface area (Å²) in [5.41, 5.74) is 9.16. The van der Waals surface area contributed by atoms with Crippen molar-refractivity contribution >= 4 is 11.4 Å². The molecule has 0 radical (unpaired) electrons. The predicted octanol–water partition coefficient (Wildman–Crippen LogP) is 3.28. The summed E-state index contributed by atoms with van der Waals surface area (Å²) < 4.78 is 13.3. The lowest BCUT2D eigenvalue weighted by molar-refractivity contribution is 0.626. The summed E-state index contributed by atoms with van der Waals surface area (Å²) in [6.07, 6.45) is 0. The third-order valence-corrected chi connectivity index (χ3v) is 4.42. The quantitative estimate of drug-likeness (QED) is 0.838. The fourth-order valence-electron chi connectivity index (χ4n) is 3.29. The first-order valence-corrected chi connectivity index (χ1v) is 7.61. The van der Waals surface area contributed by atoms with E-state index < -0.39 is 5.92 Å². The SMILES string of the molecule is N#CC1=C(N)N2C(=C(C#N)C1c1ccc(F)cc1)Nc1ccccc12. The van der Waals surface area contributed by atoms with Gasteiger partial charge in [-0.05, 0) is 29.8 Å². The van der Waals surface area contributed by atoms with Crippen molar-refractivity contribution in [3.05, 3.63) is 82.7 Å². The van der Waals surface area contributed by atoms with Crippen LogP contribution in [0.2, 0.25) is 0 Å². The number of fused-ring (bicyclic) bond motifs is 3. The van der Waals surface area contributed by atoms with Crippen LogP contribution in [0.5, 0.6) is 0 Å². The van der Waals surface area contributed by atoms with Crippen LogP contribution in [0.1, 0.15) is 11.5 Å². The maximum Gasteiger partial charge on any atom is 0.131 e. The van der Waals surface area contributed by atoms with Crippen LogP contribution in [-0.4, -0.2) is 0 Å². The molecule has 2 heterocycles. The lowest BCUT2D eigenvalue weighted by atomic mass is 9.83. The Bertz CT molecular complexity index is 1020. The summed E-state index contributed by atoms with van der Waals surface area (Å²) in [6, 6.07) is 17.6. The lowest BCUT2D eigenvalue weighted by Crippen LogP contribution is -2.34. The maximum atomic E-state index is 13.3. The number of benzene rings is 2. The molecule has 120 valence electrons. The molecule has 0 amide bonds. The summed E-state index contributed by atoms with van der Waals surface area (Å²) in [7, 11) is 0. The summed E-state index contributed by atoms with van der Waals surface area (Å²) >= 11 is 0. The molecule has 0 spiro atoms. The molecule has 3 N–H and O–H groups in total. The molecule has 4 rings (SSSR count). The summed E-state index contributed by atoms with van der Waals surface area (Å²) in [6.45, 7) is 0. The average Bonchev–Trinajstić information content (AvgIpc) is 3.02. The van der Waals surface area contributed by atoms with Gasteiger partial charge in [-0.25, -0.2) is 4.39 Å². The molecule has 0 aromatic heterocycles. The molecule has 2 aromatic rings. The first-order chi connectivity index (χ1) is 12.2. The summed E-state index contributed by atoms with van der Waals surface area (Å²) in [4.78, 5) is 1.69. The number of para-hydroxylation sites is 2. The Hall–Kier alpha value is -3.77. The number of nitrogens with zero attached hydrogens (tertiary/aromatic N) is 3. The van der Waals surface area contributed by atoms with E-state index in [1.54, 1.807) is 17.0 Å². The third-order valence-electron chi connectivity index (χ3n) is 4.42. The molecule has 0 saturated heterocycles. The molecule has 1 atom stereocenters. The maximum absolute atomic E-state index is 13.3. The van der Waals surface area contributed by atoms with E-state index >= 15 is 0 Å². The second-order valence-corrected chi connectivity index (χ2v) is 5.75. The Labute approximate surface area is 143 Å². The molecule has 6 heteroatoms. The smallest absolute Gasteiger partial charge is 0.131 e. The van der Waals surface area contributed by atoms with Crippen molar-refractivity contribution < 1.29 is 4.39 Å². The van der Waals surface area contributed by atoms with Crippen LogP contribution < -0.4 is 16.0 Å². The number of nitriles is 2. The standard InChI is InChI=1S/C19H12FN5/c20-12-7-5-11(6-8-12)17-13(9-21)18(23)25-16-4-2-1-3-15(16)24-19(25)14(17)10-22/h1-8,17,24H,23H2. The Morgan fingerprint density at radius 1 is 1.00 bits per heavy atom. The van der Waals surface area contributed by atoms with Gasteiger partial charge in [-0.15, -0.1) is 0 Å². The van der Waals surface area contributed by atoms with Crippen molar-refractivity contribution in [2.24, 2.45) is 5.73 Å². The Morgan fingerprint density at radius 3 is 2.36 bits per heavy atom. The van der Waals surface area contributed by atoms with E-state index in [1.165, 1.54) is 12.1 Å². The van der Waals surface area contributed by atoms with Crippen LogP contribution in [0.4, 0.5) is 15.8 Å². The van der Waals surface area contributed by atoms with Gasteiger partial charge < -0.3 is 11.1 Å². The van der Waals surface area contributed by atoms with Crippen LogP contribution in [0.25, 0.3) is 0 Å². The zero-order valence-electron chi connectivity index (χ0n) is 13.0. The largest absolute Gasteiger partial charge is 0.384 e. The fourth-order valence-corrected chi connectivity index (χ4v) is 3.29. The summed E-state index contributed by atoms with van der Waals surface area (Å²) in [5, 5.41) is 22.7. The molecular weight excluding hydrogens is 317 g/mol. The zero-order chi connectivity index (χ0) is 17.6. The predicted molar refractivity (Wildman–Crippen MR) is 91.2 cm³/mol. The molecule has 0 aliphatic carbocycles. The van der Waals surface area contributed by atoms with E-state index in [0.29, 0.717) is 17.0 Å². The van der Waals surface area contributed by atoms with Gasteiger partial charge in [-0.3, -0.25) is 4.90 Å². The molecular formula is C19H12FN5.